The number of carbonyl (C=O) groups is 1. The Kier molecular flexibility index (Phi) is 2.72. The molecule has 16 heavy (non-hydrogen) atoms. The Bertz CT molecular complexity index is 424. The second-order valence-electron chi connectivity index (χ2n) is 4.96. The second kappa shape index (κ2) is 3.91. The highest BCUT2D eigenvalue weighted by atomic mass is 16.3. The van der Waals surface area contributed by atoms with Crippen molar-refractivity contribution in [3.8, 4) is 0 Å². The van der Waals surface area contributed by atoms with E-state index in [4.69, 9.17) is 0 Å². The van der Waals surface area contributed by atoms with Gasteiger partial charge in [0.15, 0.2) is 0 Å². The van der Waals surface area contributed by atoms with Gasteiger partial charge in [-0.05, 0) is 23.6 Å². The van der Waals surface area contributed by atoms with Crippen molar-refractivity contribution >= 4 is 11.6 Å². The van der Waals surface area contributed by atoms with E-state index in [0.717, 1.165) is 17.7 Å². The Hall–Kier alpha value is -1.35. The average Bonchev–Trinajstić information content (AvgIpc) is 2.28. The molecule has 0 bridgehead atoms. The van der Waals surface area contributed by atoms with Crippen LogP contribution in [0, 0.1) is 0 Å². The predicted molar refractivity (Wildman–Crippen MR) is 63.5 cm³/mol. The van der Waals surface area contributed by atoms with Crippen LogP contribution in [0.3, 0.4) is 0 Å². The number of hydrogen-bond donors (Lipinski definition) is 2. The number of rotatable bonds is 2. The van der Waals surface area contributed by atoms with Gasteiger partial charge in [-0.3, -0.25) is 4.79 Å². The number of amides is 1. The van der Waals surface area contributed by atoms with Crippen molar-refractivity contribution in [3.63, 3.8) is 0 Å². The monoisotopic (exact) mass is 219 g/mol. The smallest absolute Gasteiger partial charge is 0.224 e. The molecule has 3 nitrogen and oxygen atoms in total. The van der Waals surface area contributed by atoms with Gasteiger partial charge in [0.1, 0.15) is 0 Å². The minimum atomic E-state index is -0.267. The van der Waals surface area contributed by atoms with Crippen molar-refractivity contribution in [2.45, 2.75) is 32.1 Å². The van der Waals surface area contributed by atoms with Crippen LogP contribution in [0.4, 0.5) is 5.69 Å². The molecule has 0 aromatic heterocycles. The number of benzene rings is 1. The minimum absolute atomic E-state index is 0.0754. The molecule has 0 unspecified atom stereocenters. The predicted octanol–water partition coefficient (Wildman–Crippen LogP) is 1.84. The van der Waals surface area contributed by atoms with Gasteiger partial charge in [0.05, 0.1) is 6.61 Å². The highest BCUT2D eigenvalue weighted by molar-refractivity contribution is 5.94. The van der Waals surface area contributed by atoms with Crippen molar-refractivity contribution in [3.05, 3.63) is 29.3 Å². The highest BCUT2D eigenvalue weighted by Gasteiger charge is 2.22. The fourth-order valence-electron chi connectivity index (χ4n) is 1.88. The molecule has 86 valence electrons. The summed E-state index contributed by atoms with van der Waals surface area (Å²) >= 11 is 0. The van der Waals surface area contributed by atoms with Crippen LogP contribution in [0.5, 0.6) is 0 Å². The number of aryl methyl sites for hydroxylation is 1. The summed E-state index contributed by atoms with van der Waals surface area (Å²) in [6, 6.07) is 6.05. The summed E-state index contributed by atoms with van der Waals surface area (Å²) in [6.07, 6.45) is 1.37. The first kappa shape index (κ1) is 11.1. The number of aliphatic hydroxyl groups is 1. The first-order valence-corrected chi connectivity index (χ1v) is 5.57. The Labute approximate surface area is 95.5 Å². The van der Waals surface area contributed by atoms with Crippen molar-refractivity contribution in [1.82, 2.24) is 0 Å². The molecule has 1 amide bonds. The van der Waals surface area contributed by atoms with E-state index in [1.54, 1.807) is 0 Å². The second-order valence-corrected chi connectivity index (χ2v) is 4.96. The average molecular weight is 219 g/mol. The molecule has 2 rings (SSSR count). The molecule has 1 aromatic rings. The van der Waals surface area contributed by atoms with E-state index < -0.39 is 0 Å². The summed E-state index contributed by atoms with van der Waals surface area (Å²) in [4.78, 5) is 11.3. The Morgan fingerprint density at radius 1 is 1.38 bits per heavy atom. The minimum Gasteiger partial charge on any atom is -0.395 e. The number of fused-ring (bicyclic) bond motifs is 1. The Morgan fingerprint density at radius 2 is 2.12 bits per heavy atom. The van der Waals surface area contributed by atoms with Gasteiger partial charge < -0.3 is 10.4 Å². The van der Waals surface area contributed by atoms with Gasteiger partial charge in [-0.2, -0.15) is 0 Å². The van der Waals surface area contributed by atoms with Crippen LogP contribution >= 0.6 is 0 Å². The summed E-state index contributed by atoms with van der Waals surface area (Å²) in [5.74, 6) is 0.0754. The summed E-state index contributed by atoms with van der Waals surface area (Å²) in [7, 11) is 0. The van der Waals surface area contributed by atoms with Crippen LogP contribution < -0.4 is 5.32 Å². The topological polar surface area (TPSA) is 49.3 Å². The lowest BCUT2D eigenvalue weighted by Gasteiger charge is -2.25. The summed E-state index contributed by atoms with van der Waals surface area (Å²) in [5.41, 5.74) is 2.86. The molecular weight excluding hydrogens is 202 g/mol. The van der Waals surface area contributed by atoms with E-state index in [2.05, 4.69) is 5.32 Å². The lowest BCUT2D eigenvalue weighted by Crippen LogP contribution is -2.24. The van der Waals surface area contributed by atoms with Crippen molar-refractivity contribution in [2.24, 2.45) is 0 Å². The standard InChI is InChI=1S/C13H17NO2/c1-13(2,8-15)10-5-3-9-4-6-12(16)14-11(9)7-10/h3,5,7,15H,4,6,8H2,1-2H3,(H,14,16). The van der Waals surface area contributed by atoms with E-state index in [1.807, 2.05) is 32.0 Å². The van der Waals surface area contributed by atoms with Crippen molar-refractivity contribution in [1.29, 1.82) is 0 Å². The molecule has 0 spiro atoms. The van der Waals surface area contributed by atoms with Crippen molar-refractivity contribution in [2.75, 3.05) is 11.9 Å². The van der Waals surface area contributed by atoms with Crippen LogP contribution in [-0.4, -0.2) is 17.6 Å². The van der Waals surface area contributed by atoms with Crippen LogP contribution in [0.1, 0.15) is 31.4 Å². The lowest BCUT2D eigenvalue weighted by molar-refractivity contribution is -0.116. The Balaban J connectivity index is 2.38. The first-order chi connectivity index (χ1) is 7.53. The number of hydrogen-bond acceptors (Lipinski definition) is 2. The molecule has 0 fully saturated rings. The van der Waals surface area contributed by atoms with Gasteiger partial charge in [-0.15, -0.1) is 0 Å². The molecule has 3 heteroatoms. The van der Waals surface area contributed by atoms with Gasteiger partial charge >= 0.3 is 0 Å². The van der Waals surface area contributed by atoms with E-state index >= 15 is 0 Å². The molecule has 0 atom stereocenters. The van der Waals surface area contributed by atoms with E-state index in [-0.39, 0.29) is 17.9 Å². The molecule has 1 aliphatic heterocycles. The normalized spacial score (nSPS) is 15.6. The summed E-state index contributed by atoms with van der Waals surface area (Å²) < 4.78 is 0. The third-order valence-corrected chi connectivity index (χ3v) is 3.18. The number of aliphatic hydroxyl groups excluding tert-OH is 1. The number of nitrogens with one attached hydrogen (secondary N) is 1. The summed E-state index contributed by atoms with van der Waals surface area (Å²) in [6.45, 7) is 4.07. The molecule has 1 heterocycles. The third kappa shape index (κ3) is 1.95. The molecule has 1 aromatic carbocycles. The largest absolute Gasteiger partial charge is 0.395 e. The van der Waals surface area contributed by atoms with E-state index in [0.29, 0.717) is 6.42 Å². The molecular formula is C13H17NO2. The maximum atomic E-state index is 11.3. The molecule has 0 saturated carbocycles. The van der Waals surface area contributed by atoms with Crippen LogP contribution in [0.15, 0.2) is 18.2 Å². The van der Waals surface area contributed by atoms with Crippen LogP contribution in [0.2, 0.25) is 0 Å². The van der Waals surface area contributed by atoms with Gasteiger partial charge in [-0.25, -0.2) is 0 Å². The third-order valence-electron chi connectivity index (χ3n) is 3.18. The number of carbonyl (C=O) groups excluding carboxylic acids is 1. The van der Waals surface area contributed by atoms with Gasteiger partial charge in [0.25, 0.3) is 0 Å². The molecule has 0 radical (unpaired) electrons. The molecule has 2 N–H and O–H groups in total. The molecule has 0 saturated heterocycles. The fraction of sp³-hybridized carbons (Fsp3) is 0.462. The van der Waals surface area contributed by atoms with Gasteiger partial charge in [-0.1, -0.05) is 26.0 Å². The van der Waals surface area contributed by atoms with Gasteiger partial charge in [0.2, 0.25) is 5.91 Å². The summed E-state index contributed by atoms with van der Waals surface area (Å²) in [5, 5.41) is 12.2. The SMILES string of the molecule is CC(C)(CO)c1ccc2c(c1)NC(=O)CC2. The van der Waals surface area contributed by atoms with Crippen LogP contribution in [-0.2, 0) is 16.6 Å². The zero-order valence-corrected chi connectivity index (χ0v) is 9.71. The zero-order valence-electron chi connectivity index (χ0n) is 9.71. The van der Waals surface area contributed by atoms with Gasteiger partial charge in [0, 0.05) is 17.5 Å². The maximum Gasteiger partial charge on any atom is 0.224 e. The number of anilines is 1. The van der Waals surface area contributed by atoms with E-state index in [9.17, 15) is 9.90 Å². The lowest BCUT2D eigenvalue weighted by atomic mass is 9.84. The zero-order chi connectivity index (χ0) is 11.8. The first-order valence-electron chi connectivity index (χ1n) is 5.57. The maximum absolute atomic E-state index is 11.3. The van der Waals surface area contributed by atoms with Crippen molar-refractivity contribution < 1.29 is 9.90 Å². The quantitative estimate of drug-likeness (QED) is 0.797. The van der Waals surface area contributed by atoms with Crippen LogP contribution in [0.25, 0.3) is 0 Å². The fourth-order valence-corrected chi connectivity index (χ4v) is 1.88. The molecule has 0 aliphatic carbocycles. The Morgan fingerprint density at radius 3 is 2.81 bits per heavy atom. The molecule has 1 aliphatic rings. The van der Waals surface area contributed by atoms with E-state index in [1.165, 1.54) is 5.56 Å². The highest BCUT2D eigenvalue weighted by Crippen LogP contribution is 2.29.